The third kappa shape index (κ3) is 6.03. The van der Waals surface area contributed by atoms with Crippen LogP contribution in [0.25, 0.3) is 0 Å². The van der Waals surface area contributed by atoms with Gasteiger partial charge in [0.1, 0.15) is 12.2 Å². The Labute approximate surface area is 133 Å². The molecule has 0 spiro atoms. The highest BCUT2D eigenvalue weighted by Gasteiger charge is 2.47. The third-order valence-electron chi connectivity index (χ3n) is 2.45. The fraction of sp³-hybridized carbons (Fsp3) is 0.636. The van der Waals surface area contributed by atoms with Crippen molar-refractivity contribution in [3.8, 4) is 0 Å². The number of rotatable bonds is 7. The van der Waals surface area contributed by atoms with E-state index < -0.39 is 57.7 Å². The van der Waals surface area contributed by atoms with Crippen LogP contribution in [0.15, 0.2) is 12.2 Å². The zero-order valence-corrected chi connectivity index (χ0v) is 13.1. The molecule has 140 valence electrons. The van der Waals surface area contributed by atoms with Crippen molar-refractivity contribution in [3.63, 3.8) is 0 Å². The summed E-state index contributed by atoms with van der Waals surface area (Å²) in [5.41, 5.74) is -3.72. The van der Waals surface area contributed by atoms with Gasteiger partial charge in [-0.25, -0.2) is 4.79 Å². The van der Waals surface area contributed by atoms with Crippen LogP contribution in [0.2, 0.25) is 0 Å². The number of halogens is 5. The Morgan fingerprint density at radius 1 is 1.04 bits per heavy atom. The van der Waals surface area contributed by atoms with Crippen LogP contribution in [0, 0.1) is 5.41 Å². The van der Waals surface area contributed by atoms with Gasteiger partial charge in [0.05, 0.1) is 5.41 Å². The number of ether oxygens (including phenoxy) is 2. The molecule has 0 aliphatic rings. The van der Waals surface area contributed by atoms with Gasteiger partial charge in [-0.05, 0) is 13.8 Å². The molecule has 0 heterocycles. The van der Waals surface area contributed by atoms with Gasteiger partial charge in [0, 0.05) is 0 Å². The Bertz CT molecular complexity index is 621. The van der Waals surface area contributed by atoms with Crippen LogP contribution in [-0.2, 0) is 29.2 Å². The van der Waals surface area contributed by atoms with E-state index in [9.17, 15) is 40.0 Å². The van der Waals surface area contributed by atoms with E-state index in [2.05, 4.69) is 16.1 Å². The molecule has 0 rings (SSSR count). The highest BCUT2D eigenvalue weighted by Crippen LogP contribution is 2.27. The molecule has 0 saturated carbocycles. The van der Waals surface area contributed by atoms with Crippen molar-refractivity contribution in [1.82, 2.24) is 0 Å². The van der Waals surface area contributed by atoms with Gasteiger partial charge in [-0.3, -0.25) is 9.35 Å². The van der Waals surface area contributed by atoms with Crippen molar-refractivity contribution < 1.29 is 54.0 Å². The Kier molecular flexibility index (Phi) is 6.49. The van der Waals surface area contributed by atoms with Gasteiger partial charge in [0.25, 0.3) is 0 Å². The Morgan fingerprint density at radius 2 is 1.50 bits per heavy atom. The highest BCUT2D eigenvalue weighted by atomic mass is 32.2. The molecule has 0 fully saturated rings. The predicted octanol–water partition coefficient (Wildman–Crippen LogP) is 1.70. The number of carbonyl (C=O) groups excluding carboxylic acids is 2. The van der Waals surface area contributed by atoms with Crippen LogP contribution in [0.4, 0.5) is 22.0 Å². The van der Waals surface area contributed by atoms with Crippen LogP contribution in [0.5, 0.6) is 0 Å². The Hall–Kier alpha value is -1.76. The molecule has 24 heavy (non-hydrogen) atoms. The second kappa shape index (κ2) is 7.01. The van der Waals surface area contributed by atoms with Crippen molar-refractivity contribution in [1.29, 1.82) is 0 Å². The molecule has 0 unspecified atom stereocenters. The monoisotopic (exact) mass is 384 g/mol. The molecule has 1 N–H and O–H groups in total. The lowest BCUT2D eigenvalue weighted by Gasteiger charge is -2.23. The van der Waals surface area contributed by atoms with Crippen LogP contribution in [0.3, 0.4) is 0 Å². The first kappa shape index (κ1) is 22.2. The first-order valence-electron chi connectivity index (χ1n) is 5.87. The van der Waals surface area contributed by atoms with Gasteiger partial charge in [-0.2, -0.15) is 30.4 Å². The summed E-state index contributed by atoms with van der Waals surface area (Å²) in [5.74, 6) is -3.39. The lowest BCUT2D eigenvalue weighted by Crippen LogP contribution is -2.39. The normalized spacial score (nSPS) is 13.3. The van der Waals surface area contributed by atoms with E-state index >= 15 is 0 Å². The van der Waals surface area contributed by atoms with Gasteiger partial charge in [-0.1, -0.05) is 6.58 Å². The molecule has 0 aliphatic heterocycles. The van der Waals surface area contributed by atoms with Gasteiger partial charge < -0.3 is 9.47 Å². The van der Waals surface area contributed by atoms with E-state index in [0.717, 1.165) is 13.8 Å². The second-order valence-corrected chi connectivity index (χ2v) is 6.67. The molecule has 0 bridgehead atoms. The SMILES string of the molecule is C=C(C(=O)OCC(C)(C)C(=O)OCC(F)(F)S(=O)(=O)O)C(F)(F)F. The van der Waals surface area contributed by atoms with Crippen LogP contribution in [-0.4, -0.2) is 49.6 Å². The van der Waals surface area contributed by atoms with Gasteiger partial charge >= 0.3 is 33.5 Å². The van der Waals surface area contributed by atoms with Crippen molar-refractivity contribution in [2.24, 2.45) is 5.41 Å². The fourth-order valence-corrected chi connectivity index (χ4v) is 1.13. The second-order valence-electron chi connectivity index (χ2n) is 5.12. The molecule has 0 aromatic rings. The average molecular weight is 384 g/mol. The van der Waals surface area contributed by atoms with Crippen molar-refractivity contribution in [3.05, 3.63) is 12.2 Å². The third-order valence-corrected chi connectivity index (χ3v) is 3.33. The molecule has 0 aromatic heterocycles. The predicted molar refractivity (Wildman–Crippen MR) is 67.4 cm³/mol. The Balaban J connectivity index is 4.77. The lowest BCUT2D eigenvalue weighted by atomic mass is 9.95. The summed E-state index contributed by atoms with van der Waals surface area (Å²) in [6.07, 6.45) is -5.06. The summed E-state index contributed by atoms with van der Waals surface area (Å²) < 4.78 is 99.4. The molecular formula is C11H13F5O7S. The molecule has 0 aromatic carbocycles. The van der Waals surface area contributed by atoms with Crippen molar-refractivity contribution >= 4 is 22.1 Å². The molecule has 7 nitrogen and oxygen atoms in total. The van der Waals surface area contributed by atoms with Gasteiger partial charge in [0.15, 0.2) is 6.61 Å². The largest absolute Gasteiger partial charge is 0.461 e. The number of esters is 2. The molecular weight excluding hydrogens is 371 g/mol. The minimum atomic E-state index is -5.83. The molecule has 0 atom stereocenters. The summed E-state index contributed by atoms with van der Waals surface area (Å²) in [7, 11) is -5.83. The lowest BCUT2D eigenvalue weighted by molar-refractivity contribution is -0.167. The van der Waals surface area contributed by atoms with E-state index in [0.29, 0.717) is 0 Å². The molecule has 0 saturated heterocycles. The van der Waals surface area contributed by atoms with Crippen LogP contribution >= 0.6 is 0 Å². The highest BCUT2D eigenvalue weighted by molar-refractivity contribution is 7.86. The Morgan fingerprint density at radius 3 is 1.88 bits per heavy atom. The summed E-state index contributed by atoms with van der Waals surface area (Å²) >= 11 is 0. The smallest absolute Gasteiger partial charge is 0.422 e. The van der Waals surface area contributed by atoms with E-state index in [1.807, 2.05) is 0 Å². The van der Waals surface area contributed by atoms with E-state index in [1.165, 1.54) is 0 Å². The van der Waals surface area contributed by atoms with Crippen LogP contribution in [0.1, 0.15) is 13.8 Å². The molecule has 0 aliphatic carbocycles. The van der Waals surface area contributed by atoms with E-state index in [4.69, 9.17) is 4.55 Å². The van der Waals surface area contributed by atoms with E-state index in [-0.39, 0.29) is 0 Å². The molecule has 0 amide bonds. The van der Waals surface area contributed by atoms with Gasteiger partial charge in [-0.15, -0.1) is 0 Å². The quantitative estimate of drug-likeness (QED) is 0.308. The molecule has 0 radical (unpaired) electrons. The zero-order valence-electron chi connectivity index (χ0n) is 12.3. The maximum Gasteiger partial charge on any atom is 0.422 e. The summed E-state index contributed by atoms with van der Waals surface area (Å²) in [6, 6.07) is 0. The maximum absolute atomic E-state index is 12.9. The minimum Gasteiger partial charge on any atom is -0.461 e. The number of hydrogen-bond acceptors (Lipinski definition) is 6. The minimum absolute atomic E-state index is 0.977. The fourth-order valence-electron chi connectivity index (χ4n) is 0.927. The first-order valence-corrected chi connectivity index (χ1v) is 7.31. The summed E-state index contributed by atoms with van der Waals surface area (Å²) in [6.45, 7) is 1.39. The molecule has 13 heteroatoms. The van der Waals surface area contributed by atoms with E-state index in [1.54, 1.807) is 0 Å². The maximum atomic E-state index is 12.9. The summed E-state index contributed by atoms with van der Waals surface area (Å²) in [5, 5.41) is -4.78. The van der Waals surface area contributed by atoms with Crippen molar-refractivity contribution in [2.45, 2.75) is 25.3 Å². The number of alkyl halides is 5. The standard InChI is InChI=1S/C11H13F5O7S/c1-6(11(14,15)16)7(17)22-4-9(2,3)8(18)23-5-10(12,13)24(19,20)21/h1,4-5H2,2-3H3,(H,19,20,21). The van der Waals surface area contributed by atoms with Gasteiger partial charge in [0.2, 0.25) is 0 Å². The van der Waals surface area contributed by atoms with Crippen molar-refractivity contribution in [2.75, 3.05) is 13.2 Å². The zero-order chi connectivity index (χ0) is 19.6. The number of hydrogen-bond donors (Lipinski definition) is 1. The topological polar surface area (TPSA) is 107 Å². The average Bonchev–Trinajstić information content (AvgIpc) is 2.39. The summed E-state index contributed by atoms with van der Waals surface area (Å²) in [4.78, 5) is 22.6. The van der Waals surface area contributed by atoms with Crippen LogP contribution < -0.4 is 0 Å². The number of carbonyl (C=O) groups is 2. The first-order chi connectivity index (χ1) is 10.4.